The van der Waals surface area contributed by atoms with Crippen LogP contribution in [-0.4, -0.2) is 31.6 Å². The van der Waals surface area contributed by atoms with Crippen LogP contribution >= 0.6 is 11.6 Å². The summed E-state index contributed by atoms with van der Waals surface area (Å²) in [6.45, 7) is 0. The molecular formula is C8H6ClN5O2. The molecule has 0 atom stereocenters. The van der Waals surface area contributed by atoms with Crippen molar-refractivity contribution in [3.05, 3.63) is 28.8 Å². The van der Waals surface area contributed by atoms with Gasteiger partial charge in [0.15, 0.2) is 0 Å². The maximum atomic E-state index is 11.6. The predicted octanol–water partition coefficient (Wildman–Crippen LogP) is 0.811. The Morgan fingerprint density at radius 1 is 1.50 bits per heavy atom. The monoisotopic (exact) mass is 239 g/mol. The van der Waals surface area contributed by atoms with Gasteiger partial charge in [-0.25, -0.2) is 0 Å². The van der Waals surface area contributed by atoms with E-state index in [1.54, 1.807) is 0 Å². The number of tetrazole rings is 1. The van der Waals surface area contributed by atoms with E-state index in [2.05, 4.69) is 25.9 Å². The molecule has 1 amide bonds. The first-order valence-electron chi connectivity index (χ1n) is 4.20. The first-order chi connectivity index (χ1) is 7.66. The third-order valence-electron chi connectivity index (χ3n) is 1.77. The van der Waals surface area contributed by atoms with E-state index in [0.717, 1.165) is 0 Å². The van der Waals surface area contributed by atoms with Gasteiger partial charge in [-0.1, -0.05) is 16.7 Å². The van der Waals surface area contributed by atoms with E-state index in [9.17, 15) is 9.90 Å². The fourth-order valence-corrected chi connectivity index (χ4v) is 1.25. The second-order valence-corrected chi connectivity index (χ2v) is 3.29. The van der Waals surface area contributed by atoms with Crippen molar-refractivity contribution >= 4 is 23.5 Å². The topological polar surface area (TPSA) is 104 Å². The van der Waals surface area contributed by atoms with Crippen LogP contribution in [0.1, 0.15) is 10.4 Å². The maximum Gasteiger partial charge on any atom is 0.270 e. The zero-order valence-corrected chi connectivity index (χ0v) is 8.56. The average molecular weight is 240 g/mol. The van der Waals surface area contributed by atoms with Gasteiger partial charge in [-0.05, 0) is 23.4 Å². The van der Waals surface area contributed by atoms with Crippen LogP contribution in [-0.2, 0) is 0 Å². The molecule has 16 heavy (non-hydrogen) atoms. The fraction of sp³-hybridized carbons (Fsp3) is 0. The van der Waals surface area contributed by atoms with Gasteiger partial charge in [0.2, 0.25) is 0 Å². The number of carbonyl (C=O) groups excluding carboxylic acids is 1. The Hall–Kier alpha value is -2.15. The number of nitrogens with zero attached hydrogens (tertiary/aromatic N) is 3. The summed E-state index contributed by atoms with van der Waals surface area (Å²) < 4.78 is 0. The summed E-state index contributed by atoms with van der Waals surface area (Å²) in [7, 11) is 0. The van der Waals surface area contributed by atoms with E-state index in [1.807, 2.05) is 0 Å². The summed E-state index contributed by atoms with van der Waals surface area (Å²) in [6, 6.07) is 4.14. The highest BCUT2D eigenvalue weighted by atomic mass is 35.5. The van der Waals surface area contributed by atoms with Crippen molar-refractivity contribution in [1.82, 2.24) is 20.6 Å². The minimum Gasteiger partial charge on any atom is -0.507 e. The highest BCUT2D eigenvalue weighted by Crippen LogP contribution is 2.21. The standard InChI is InChI=1S/C8H6ClN5O2/c9-4-1-2-6(15)5(3-4)7(16)10-8-11-13-14-12-8/h1-3,15H,(H2,10,11,12,13,14,16). The summed E-state index contributed by atoms with van der Waals surface area (Å²) in [5.41, 5.74) is 0.0392. The van der Waals surface area contributed by atoms with Gasteiger partial charge >= 0.3 is 0 Å². The Morgan fingerprint density at radius 3 is 3.00 bits per heavy atom. The first kappa shape index (κ1) is 10.4. The number of anilines is 1. The summed E-state index contributed by atoms with van der Waals surface area (Å²) in [5.74, 6) is -0.726. The third-order valence-corrected chi connectivity index (χ3v) is 2.01. The fourth-order valence-electron chi connectivity index (χ4n) is 1.07. The maximum absolute atomic E-state index is 11.6. The number of aromatic nitrogens is 4. The molecule has 0 fully saturated rings. The molecule has 0 bridgehead atoms. The lowest BCUT2D eigenvalue weighted by molar-refractivity contribution is 0.102. The average Bonchev–Trinajstić information content (AvgIpc) is 2.74. The number of amides is 1. The van der Waals surface area contributed by atoms with Crippen LogP contribution in [0.15, 0.2) is 18.2 Å². The number of benzene rings is 1. The summed E-state index contributed by atoms with van der Waals surface area (Å²) >= 11 is 5.70. The van der Waals surface area contributed by atoms with Gasteiger partial charge in [-0.15, -0.1) is 5.10 Å². The van der Waals surface area contributed by atoms with Crippen LogP contribution in [0.3, 0.4) is 0 Å². The molecule has 1 heterocycles. The second kappa shape index (κ2) is 4.15. The number of aromatic hydroxyl groups is 1. The molecule has 0 aliphatic rings. The van der Waals surface area contributed by atoms with Crippen LogP contribution in [0.4, 0.5) is 5.95 Å². The molecule has 3 N–H and O–H groups in total. The molecule has 1 aromatic carbocycles. The SMILES string of the molecule is O=C(Nc1nn[nH]n1)c1cc(Cl)ccc1O. The number of aromatic amines is 1. The van der Waals surface area contributed by atoms with Crippen LogP contribution in [0.5, 0.6) is 5.75 Å². The molecule has 0 aliphatic carbocycles. The molecule has 0 saturated heterocycles. The number of nitrogens with one attached hydrogen (secondary N) is 2. The molecular weight excluding hydrogens is 234 g/mol. The molecule has 82 valence electrons. The molecule has 0 spiro atoms. The Morgan fingerprint density at radius 2 is 2.31 bits per heavy atom. The van der Waals surface area contributed by atoms with Gasteiger partial charge < -0.3 is 5.11 Å². The van der Waals surface area contributed by atoms with Gasteiger partial charge in [0.25, 0.3) is 11.9 Å². The Kier molecular flexibility index (Phi) is 2.69. The van der Waals surface area contributed by atoms with Gasteiger partial charge in [-0.3, -0.25) is 10.1 Å². The predicted molar refractivity (Wildman–Crippen MR) is 55.2 cm³/mol. The minimum absolute atomic E-state index is 0.0179. The molecule has 1 aromatic heterocycles. The molecule has 7 nitrogen and oxygen atoms in total. The summed E-state index contributed by atoms with van der Waals surface area (Å²) in [4.78, 5) is 11.6. The lowest BCUT2D eigenvalue weighted by atomic mass is 10.2. The number of phenolic OH excluding ortho intramolecular Hbond substituents is 1. The molecule has 2 aromatic rings. The van der Waals surface area contributed by atoms with Crippen molar-refractivity contribution in [1.29, 1.82) is 0 Å². The third kappa shape index (κ3) is 2.09. The Labute approximate surface area is 94.4 Å². The molecule has 0 saturated carbocycles. The quantitative estimate of drug-likeness (QED) is 0.719. The van der Waals surface area contributed by atoms with Gasteiger partial charge in [-0.2, -0.15) is 5.21 Å². The van der Waals surface area contributed by atoms with E-state index in [-0.39, 0.29) is 17.3 Å². The number of carbonyl (C=O) groups is 1. The van der Waals surface area contributed by atoms with Crippen LogP contribution < -0.4 is 5.32 Å². The van der Waals surface area contributed by atoms with E-state index >= 15 is 0 Å². The Balaban J connectivity index is 2.24. The van der Waals surface area contributed by atoms with Gasteiger partial charge in [0.1, 0.15) is 5.75 Å². The van der Waals surface area contributed by atoms with Crippen LogP contribution in [0.2, 0.25) is 5.02 Å². The molecule has 2 rings (SSSR count). The van der Waals surface area contributed by atoms with Gasteiger partial charge in [0.05, 0.1) is 5.56 Å². The molecule has 0 aliphatic heterocycles. The number of rotatable bonds is 2. The summed E-state index contributed by atoms with van der Waals surface area (Å²) in [6.07, 6.45) is 0. The molecule has 0 radical (unpaired) electrons. The molecule has 0 unspecified atom stereocenters. The number of hydrogen-bond donors (Lipinski definition) is 3. The highest BCUT2D eigenvalue weighted by molar-refractivity contribution is 6.31. The van der Waals surface area contributed by atoms with E-state index in [4.69, 9.17) is 11.6 Å². The number of H-pyrrole nitrogens is 1. The van der Waals surface area contributed by atoms with Crippen molar-refractivity contribution in [3.8, 4) is 5.75 Å². The zero-order valence-electron chi connectivity index (χ0n) is 7.81. The largest absolute Gasteiger partial charge is 0.507 e. The number of phenols is 1. The van der Waals surface area contributed by atoms with E-state index in [1.165, 1.54) is 18.2 Å². The number of hydrogen-bond acceptors (Lipinski definition) is 5. The van der Waals surface area contributed by atoms with Gasteiger partial charge in [0, 0.05) is 5.02 Å². The van der Waals surface area contributed by atoms with Crippen LogP contribution in [0, 0.1) is 0 Å². The Bertz CT molecular complexity index is 513. The second-order valence-electron chi connectivity index (χ2n) is 2.85. The first-order valence-corrected chi connectivity index (χ1v) is 4.58. The van der Waals surface area contributed by atoms with E-state index < -0.39 is 5.91 Å². The summed E-state index contributed by atoms with van der Waals surface area (Å²) in [5, 5.41) is 24.7. The van der Waals surface area contributed by atoms with Crippen molar-refractivity contribution in [2.24, 2.45) is 0 Å². The zero-order chi connectivity index (χ0) is 11.5. The lowest BCUT2D eigenvalue weighted by Crippen LogP contribution is -2.13. The van der Waals surface area contributed by atoms with Crippen molar-refractivity contribution < 1.29 is 9.90 Å². The van der Waals surface area contributed by atoms with E-state index in [0.29, 0.717) is 5.02 Å². The van der Waals surface area contributed by atoms with Crippen molar-refractivity contribution in [3.63, 3.8) is 0 Å². The normalized spacial score (nSPS) is 10.1. The minimum atomic E-state index is -0.568. The molecule has 8 heteroatoms. The number of halogens is 1. The van der Waals surface area contributed by atoms with Crippen molar-refractivity contribution in [2.45, 2.75) is 0 Å². The van der Waals surface area contributed by atoms with Crippen molar-refractivity contribution in [2.75, 3.05) is 5.32 Å². The van der Waals surface area contributed by atoms with Crippen LogP contribution in [0.25, 0.3) is 0 Å². The highest BCUT2D eigenvalue weighted by Gasteiger charge is 2.13. The lowest BCUT2D eigenvalue weighted by Gasteiger charge is -2.03. The smallest absolute Gasteiger partial charge is 0.270 e.